The Morgan fingerprint density at radius 2 is 2.00 bits per heavy atom. The van der Waals surface area contributed by atoms with Crippen LogP contribution in [0, 0.1) is 6.92 Å². The molecule has 0 aliphatic heterocycles. The van der Waals surface area contributed by atoms with Crippen molar-refractivity contribution in [1.82, 2.24) is 9.38 Å². The molecule has 1 aromatic carbocycles. The van der Waals surface area contributed by atoms with E-state index < -0.39 is 6.10 Å². The molecule has 2 aromatic heterocycles. The van der Waals surface area contributed by atoms with Crippen LogP contribution in [0.3, 0.4) is 0 Å². The van der Waals surface area contributed by atoms with Gasteiger partial charge in [-0.3, -0.25) is 0 Å². The van der Waals surface area contributed by atoms with Crippen molar-refractivity contribution in [2.45, 2.75) is 26.9 Å². The number of nitrogens with zero attached hydrogens (tertiary/aromatic N) is 2. The van der Waals surface area contributed by atoms with Crippen LogP contribution >= 0.6 is 0 Å². The number of hydrogen-bond donors (Lipinski definition) is 1. The number of benzene rings is 1. The summed E-state index contributed by atoms with van der Waals surface area (Å²) in [5.74, 6) is 0.846. The summed E-state index contributed by atoms with van der Waals surface area (Å²) < 4.78 is 7.72. The Kier molecular flexibility index (Phi) is 3.86. The first-order valence-corrected chi connectivity index (χ1v) is 7.49. The highest BCUT2D eigenvalue weighted by atomic mass is 16.5. The summed E-state index contributed by atoms with van der Waals surface area (Å²) in [6, 6.07) is 10.1. The van der Waals surface area contributed by atoms with Crippen molar-refractivity contribution in [3.8, 4) is 16.9 Å². The number of imidazole rings is 1. The highest BCUT2D eigenvalue weighted by Crippen LogP contribution is 2.33. The van der Waals surface area contributed by atoms with E-state index in [-0.39, 0.29) is 0 Å². The Morgan fingerprint density at radius 3 is 2.73 bits per heavy atom. The molecular weight excluding hydrogens is 276 g/mol. The molecule has 22 heavy (non-hydrogen) atoms. The summed E-state index contributed by atoms with van der Waals surface area (Å²) in [7, 11) is 0. The summed E-state index contributed by atoms with van der Waals surface area (Å²) in [5, 5.41) is 9.79. The van der Waals surface area contributed by atoms with E-state index in [0.29, 0.717) is 12.3 Å². The minimum Gasteiger partial charge on any atom is -0.493 e. The molecule has 3 rings (SSSR count). The van der Waals surface area contributed by atoms with E-state index in [9.17, 15) is 5.11 Å². The number of aliphatic hydroxyl groups excluding tert-OH is 1. The maximum absolute atomic E-state index is 9.79. The Hall–Kier alpha value is -2.33. The number of rotatable bonds is 4. The van der Waals surface area contributed by atoms with Crippen molar-refractivity contribution in [2.75, 3.05) is 6.61 Å². The van der Waals surface area contributed by atoms with Gasteiger partial charge in [0.1, 0.15) is 11.4 Å². The van der Waals surface area contributed by atoms with Crippen LogP contribution in [0.25, 0.3) is 16.8 Å². The number of aliphatic hydroxyl groups is 1. The predicted molar refractivity (Wildman–Crippen MR) is 87.2 cm³/mol. The van der Waals surface area contributed by atoms with Gasteiger partial charge in [0.15, 0.2) is 0 Å². The smallest absolute Gasteiger partial charge is 0.145 e. The van der Waals surface area contributed by atoms with E-state index >= 15 is 0 Å². The molecule has 0 aliphatic carbocycles. The van der Waals surface area contributed by atoms with Gasteiger partial charge < -0.3 is 14.2 Å². The van der Waals surface area contributed by atoms with Crippen LogP contribution in [-0.4, -0.2) is 21.1 Å². The first-order valence-electron chi connectivity index (χ1n) is 7.49. The third-order valence-corrected chi connectivity index (χ3v) is 3.61. The standard InChI is InChI=1S/C18H20N2O2/c1-4-22-17-8-6-5-7-14(17)15-9-12(2)10-20-11-16(13(3)21)19-18(15)20/h5-11,13,21H,4H2,1-3H3. The second-order valence-corrected chi connectivity index (χ2v) is 5.43. The van der Waals surface area contributed by atoms with Crippen molar-refractivity contribution >= 4 is 5.65 Å². The molecule has 4 nitrogen and oxygen atoms in total. The zero-order chi connectivity index (χ0) is 15.7. The Morgan fingerprint density at radius 1 is 1.23 bits per heavy atom. The van der Waals surface area contributed by atoms with Crippen molar-refractivity contribution < 1.29 is 9.84 Å². The molecule has 1 N–H and O–H groups in total. The maximum Gasteiger partial charge on any atom is 0.145 e. The first kappa shape index (κ1) is 14.6. The molecule has 114 valence electrons. The number of hydrogen-bond acceptors (Lipinski definition) is 3. The van der Waals surface area contributed by atoms with Crippen LogP contribution in [0.5, 0.6) is 5.75 Å². The molecule has 4 heteroatoms. The fourth-order valence-corrected chi connectivity index (χ4v) is 2.63. The van der Waals surface area contributed by atoms with Crippen LogP contribution in [0.2, 0.25) is 0 Å². The molecule has 0 saturated carbocycles. The van der Waals surface area contributed by atoms with Crippen molar-refractivity contribution in [1.29, 1.82) is 0 Å². The molecule has 0 saturated heterocycles. The van der Waals surface area contributed by atoms with E-state index in [1.807, 2.05) is 54.9 Å². The van der Waals surface area contributed by atoms with Crippen LogP contribution in [0.4, 0.5) is 0 Å². The van der Waals surface area contributed by atoms with Gasteiger partial charge in [-0.1, -0.05) is 18.2 Å². The molecule has 2 heterocycles. The third-order valence-electron chi connectivity index (χ3n) is 3.61. The van der Waals surface area contributed by atoms with E-state index in [0.717, 1.165) is 28.1 Å². The monoisotopic (exact) mass is 296 g/mol. The van der Waals surface area contributed by atoms with Gasteiger partial charge >= 0.3 is 0 Å². The number of aromatic nitrogens is 2. The van der Waals surface area contributed by atoms with E-state index in [1.54, 1.807) is 6.92 Å². The molecule has 0 radical (unpaired) electrons. The van der Waals surface area contributed by atoms with E-state index in [4.69, 9.17) is 4.74 Å². The van der Waals surface area contributed by atoms with Gasteiger partial charge in [-0.15, -0.1) is 0 Å². The molecule has 3 aromatic rings. The highest BCUT2D eigenvalue weighted by molar-refractivity contribution is 5.82. The van der Waals surface area contributed by atoms with Gasteiger partial charge in [-0.2, -0.15) is 0 Å². The third kappa shape index (κ3) is 2.57. The molecule has 0 fully saturated rings. The van der Waals surface area contributed by atoms with Gasteiger partial charge in [0.2, 0.25) is 0 Å². The SMILES string of the molecule is CCOc1ccccc1-c1cc(C)cn2cc(C(C)O)nc12. The van der Waals surface area contributed by atoms with Gasteiger partial charge in [0, 0.05) is 23.5 Å². The molecular formula is C18H20N2O2. The second kappa shape index (κ2) is 5.81. The van der Waals surface area contributed by atoms with Crippen LogP contribution in [-0.2, 0) is 0 Å². The summed E-state index contributed by atoms with van der Waals surface area (Å²) in [4.78, 5) is 4.59. The zero-order valence-corrected chi connectivity index (χ0v) is 13.1. The Labute approximate surface area is 130 Å². The van der Waals surface area contributed by atoms with E-state index in [2.05, 4.69) is 11.1 Å². The van der Waals surface area contributed by atoms with Gasteiger partial charge in [0.05, 0.1) is 18.4 Å². The number of para-hydroxylation sites is 1. The predicted octanol–water partition coefficient (Wildman–Crippen LogP) is 3.76. The largest absolute Gasteiger partial charge is 0.493 e. The van der Waals surface area contributed by atoms with Crippen molar-refractivity contribution in [3.05, 3.63) is 54.0 Å². The van der Waals surface area contributed by atoms with Crippen LogP contribution in [0.15, 0.2) is 42.7 Å². The number of aryl methyl sites for hydroxylation is 1. The summed E-state index contributed by atoms with van der Waals surface area (Å²) in [5.41, 5.74) is 4.65. The fraction of sp³-hybridized carbons (Fsp3) is 0.278. The van der Waals surface area contributed by atoms with Crippen LogP contribution in [0.1, 0.15) is 31.2 Å². The fourth-order valence-electron chi connectivity index (χ4n) is 2.63. The topological polar surface area (TPSA) is 46.8 Å². The summed E-state index contributed by atoms with van der Waals surface area (Å²) >= 11 is 0. The zero-order valence-electron chi connectivity index (χ0n) is 13.1. The van der Waals surface area contributed by atoms with Gasteiger partial charge in [-0.25, -0.2) is 4.98 Å². The minimum absolute atomic E-state index is 0.588. The maximum atomic E-state index is 9.79. The molecule has 0 bridgehead atoms. The molecule has 0 aliphatic rings. The van der Waals surface area contributed by atoms with Crippen LogP contribution < -0.4 is 4.74 Å². The normalized spacial score (nSPS) is 12.5. The van der Waals surface area contributed by atoms with Gasteiger partial charge in [0.25, 0.3) is 0 Å². The lowest BCUT2D eigenvalue weighted by Crippen LogP contribution is -1.96. The first-order chi connectivity index (χ1) is 10.6. The Balaban J connectivity index is 2.26. The lowest BCUT2D eigenvalue weighted by Gasteiger charge is -2.11. The minimum atomic E-state index is -0.588. The molecule has 0 amide bonds. The quantitative estimate of drug-likeness (QED) is 0.797. The molecule has 1 atom stereocenters. The highest BCUT2D eigenvalue weighted by Gasteiger charge is 2.14. The molecule has 0 spiro atoms. The molecule has 1 unspecified atom stereocenters. The number of pyridine rings is 1. The lowest BCUT2D eigenvalue weighted by atomic mass is 10.0. The Bertz CT molecular complexity index is 806. The van der Waals surface area contributed by atoms with Gasteiger partial charge in [-0.05, 0) is 38.5 Å². The van der Waals surface area contributed by atoms with Crippen molar-refractivity contribution in [2.24, 2.45) is 0 Å². The lowest BCUT2D eigenvalue weighted by molar-refractivity contribution is 0.195. The average Bonchev–Trinajstić information content (AvgIpc) is 2.91. The number of fused-ring (bicyclic) bond motifs is 1. The number of ether oxygens (including phenoxy) is 1. The van der Waals surface area contributed by atoms with Crippen molar-refractivity contribution in [3.63, 3.8) is 0 Å². The summed E-state index contributed by atoms with van der Waals surface area (Å²) in [6.07, 6.45) is 3.30. The average molecular weight is 296 g/mol. The van der Waals surface area contributed by atoms with E-state index in [1.165, 1.54) is 0 Å². The summed E-state index contributed by atoms with van der Waals surface area (Å²) in [6.45, 7) is 6.37. The second-order valence-electron chi connectivity index (χ2n) is 5.43.